The van der Waals surface area contributed by atoms with Crippen molar-refractivity contribution in [3.05, 3.63) is 60.2 Å². The third-order valence-corrected chi connectivity index (χ3v) is 5.48. The molecule has 0 aliphatic heterocycles. The number of nitrogens with two attached hydrogens (primary N) is 1. The Balaban J connectivity index is 0.00000148. The molecule has 0 bridgehead atoms. The number of carboxylic acid groups (broad SMARTS) is 1. The third-order valence-electron chi connectivity index (χ3n) is 5.48. The van der Waals surface area contributed by atoms with E-state index in [-0.39, 0.29) is 11.5 Å². The molecule has 15 nitrogen and oxygen atoms in total. The number of carboxylic acids is 1. The summed E-state index contributed by atoms with van der Waals surface area (Å²) < 4.78 is 42.3. The number of amidine groups is 1. The lowest BCUT2D eigenvalue weighted by Gasteiger charge is -2.33. The molecule has 4 amide bonds. The molecule has 2 aromatic rings. The molecule has 2 aromatic carbocycles. The zero-order chi connectivity index (χ0) is 36.8. The van der Waals surface area contributed by atoms with Crippen LogP contribution in [0.15, 0.2) is 54.6 Å². The van der Waals surface area contributed by atoms with Gasteiger partial charge in [0.05, 0.1) is 18.6 Å². The maximum absolute atomic E-state index is 14.0. The molecule has 0 saturated carbocycles. The van der Waals surface area contributed by atoms with Crippen LogP contribution in [0.3, 0.4) is 0 Å². The van der Waals surface area contributed by atoms with E-state index < -0.39 is 72.8 Å². The first-order chi connectivity index (χ1) is 22.2. The fourth-order valence-corrected chi connectivity index (χ4v) is 3.63. The lowest BCUT2D eigenvalue weighted by atomic mass is 10.1. The summed E-state index contributed by atoms with van der Waals surface area (Å²) >= 11 is 0. The summed E-state index contributed by atoms with van der Waals surface area (Å²) in [5.74, 6) is -6.10. The van der Waals surface area contributed by atoms with Gasteiger partial charge in [-0.2, -0.15) is 13.2 Å². The Morgan fingerprint density at radius 1 is 0.896 bits per heavy atom. The van der Waals surface area contributed by atoms with E-state index in [9.17, 15) is 37.1 Å². The summed E-state index contributed by atoms with van der Waals surface area (Å²) in [7, 11) is 0. The molecule has 48 heavy (non-hydrogen) atoms. The number of carbonyl (C=O) groups is 6. The molecule has 2 rings (SSSR count). The van der Waals surface area contributed by atoms with E-state index in [0.29, 0.717) is 11.3 Å². The van der Waals surface area contributed by atoms with Gasteiger partial charge in [-0.15, -0.1) is 0 Å². The Morgan fingerprint density at radius 3 is 1.85 bits per heavy atom. The lowest BCUT2D eigenvalue weighted by molar-refractivity contribution is -0.192. The number of nitrogen functional groups attached to an aromatic ring is 1. The Hall–Kier alpha value is -5.68. The van der Waals surface area contributed by atoms with Crippen LogP contribution in [0.5, 0.6) is 0 Å². The smallest absolute Gasteiger partial charge is 0.475 e. The highest BCUT2D eigenvalue weighted by Gasteiger charge is 2.39. The second-order valence-corrected chi connectivity index (χ2v) is 10.3. The van der Waals surface area contributed by atoms with Gasteiger partial charge < -0.3 is 36.3 Å². The van der Waals surface area contributed by atoms with E-state index in [2.05, 4.69) is 16.0 Å². The van der Waals surface area contributed by atoms with Crippen molar-refractivity contribution < 1.29 is 56.5 Å². The Morgan fingerprint density at radius 2 is 1.42 bits per heavy atom. The minimum Gasteiger partial charge on any atom is -0.475 e. The predicted molar refractivity (Wildman–Crippen MR) is 166 cm³/mol. The van der Waals surface area contributed by atoms with Crippen molar-refractivity contribution in [2.45, 2.75) is 71.6 Å². The molecule has 18 heteroatoms. The van der Waals surface area contributed by atoms with Gasteiger partial charge in [0.15, 0.2) is 0 Å². The molecule has 0 saturated heterocycles. The van der Waals surface area contributed by atoms with Crippen LogP contribution in [-0.2, 0) is 33.4 Å². The van der Waals surface area contributed by atoms with E-state index >= 15 is 0 Å². The number of hydrogen-bond donors (Lipinski definition) is 6. The lowest BCUT2D eigenvalue weighted by Crippen LogP contribution is -2.61. The molecule has 0 spiro atoms. The Kier molecular flexibility index (Phi) is 15.5. The topological polar surface area (TPSA) is 230 Å². The number of carbonyl (C=O) groups excluding carboxylic acids is 5. The fraction of sp³-hybridized carbons (Fsp3) is 0.367. The minimum absolute atomic E-state index is 0.152. The average molecular weight is 683 g/mol. The summed E-state index contributed by atoms with van der Waals surface area (Å²) in [4.78, 5) is 74.6. The number of anilines is 2. The number of rotatable bonds is 12. The molecule has 0 fully saturated rings. The first kappa shape index (κ1) is 40.3. The van der Waals surface area contributed by atoms with Crippen molar-refractivity contribution >= 4 is 53.0 Å². The Labute approximate surface area is 273 Å². The third kappa shape index (κ3) is 14.2. The SMILES string of the molecule is CC(=O)N[C@@H](CC(=O)OC(C)C)C(=O)N(c1ccccc1)[C@@H](NC(=O)Nc1ccc(C(=N)N)cc1)C(=O)OC(C)C.O=C(O)C(F)(F)F. The summed E-state index contributed by atoms with van der Waals surface area (Å²) in [5.41, 5.74) is 6.40. The van der Waals surface area contributed by atoms with Crippen molar-refractivity contribution in [2.75, 3.05) is 10.2 Å². The molecule has 0 aliphatic carbocycles. The number of halogens is 3. The molecule has 0 radical (unpaired) electrons. The fourth-order valence-electron chi connectivity index (χ4n) is 3.63. The van der Waals surface area contributed by atoms with Gasteiger partial charge in [-0.3, -0.25) is 24.7 Å². The molecule has 2 atom stereocenters. The van der Waals surface area contributed by atoms with Crippen LogP contribution in [0.25, 0.3) is 0 Å². The number of nitrogens with one attached hydrogen (secondary N) is 4. The zero-order valence-corrected chi connectivity index (χ0v) is 26.6. The molecule has 0 aromatic heterocycles. The number of ether oxygens (including phenoxy) is 2. The maximum Gasteiger partial charge on any atom is 0.490 e. The summed E-state index contributed by atoms with van der Waals surface area (Å²) in [5, 5.41) is 22.1. The van der Waals surface area contributed by atoms with Gasteiger partial charge in [-0.05, 0) is 64.1 Å². The normalized spacial score (nSPS) is 12.0. The molecular weight excluding hydrogens is 645 g/mol. The molecule has 7 N–H and O–H groups in total. The highest BCUT2D eigenvalue weighted by molar-refractivity contribution is 6.06. The van der Waals surface area contributed by atoms with Crippen molar-refractivity contribution in [2.24, 2.45) is 5.73 Å². The van der Waals surface area contributed by atoms with Crippen LogP contribution in [0.4, 0.5) is 29.3 Å². The van der Waals surface area contributed by atoms with Crippen LogP contribution in [-0.4, -0.2) is 77.3 Å². The number of esters is 2. The van der Waals surface area contributed by atoms with Crippen molar-refractivity contribution in [1.29, 1.82) is 5.41 Å². The number of benzene rings is 2. The summed E-state index contributed by atoms with van der Waals surface area (Å²) in [6.45, 7) is 7.65. The summed E-state index contributed by atoms with van der Waals surface area (Å²) in [6, 6.07) is 11.7. The Bertz CT molecular complexity index is 1450. The number of amides is 4. The molecule has 0 unspecified atom stereocenters. The van der Waals surface area contributed by atoms with E-state index in [1.165, 1.54) is 43.3 Å². The van der Waals surface area contributed by atoms with Gasteiger partial charge >= 0.3 is 30.1 Å². The van der Waals surface area contributed by atoms with Crippen molar-refractivity contribution in [1.82, 2.24) is 10.6 Å². The number of para-hydroxylation sites is 1. The van der Waals surface area contributed by atoms with Gasteiger partial charge in [-0.1, -0.05) is 18.2 Å². The molecule has 262 valence electrons. The minimum atomic E-state index is -5.08. The molecular formula is C30H37F3N6O9. The predicted octanol–water partition coefficient (Wildman–Crippen LogP) is 2.88. The van der Waals surface area contributed by atoms with E-state index in [4.69, 9.17) is 30.5 Å². The van der Waals surface area contributed by atoms with Crippen molar-refractivity contribution in [3.63, 3.8) is 0 Å². The van der Waals surface area contributed by atoms with Gasteiger partial charge in [0.25, 0.3) is 5.91 Å². The first-order valence-corrected chi connectivity index (χ1v) is 14.1. The van der Waals surface area contributed by atoms with Gasteiger partial charge in [-0.25, -0.2) is 14.4 Å². The zero-order valence-electron chi connectivity index (χ0n) is 26.6. The number of urea groups is 1. The molecule has 0 aliphatic rings. The van der Waals surface area contributed by atoms with Crippen LogP contribution < -0.4 is 26.6 Å². The van der Waals surface area contributed by atoms with E-state index in [0.717, 1.165) is 4.90 Å². The van der Waals surface area contributed by atoms with Crippen LogP contribution >= 0.6 is 0 Å². The standard InChI is InChI=1S/C28H36N6O7.C2HF3O2/c1-16(2)40-23(36)15-22(31-18(5)35)26(37)34(21-9-7-6-8-10-21)25(27(38)41-17(3)4)33-28(39)32-20-13-11-19(12-14-20)24(29)30;3-2(4,5)1(6)7/h6-14,16-17,22,25H,15H2,1-5H3,(H3,29,30)(H,31,35)(H2,32,33,39);(H,6,7)/t22-,25+;/m0./s1. The second kappa shape index (κ2) is 18.5. The van der Waals surface area contributed by atoms with E-state index in [1.807, 2.05) is 0 Å². The monoisotopic (exact) mass is 682 g/mol. The number of aliphatic carboxylic acids is 1. The number of hydrogen-bond acceptors (Lipinski definition) is 9. The van der Waals surface area contributed by atoms with E-state index in [1.54, 1.807) is 45.9 Å². The highest BCUT2D eigenvalue weighted by Crippen LogP contribution is 2.20. The summed E-state index contributed by atoms with van der Waals surface area (Å²) in [6.07, 6.45) is -8.39. The van der Waals surface area contributed by atoms with Crippen LogP contribution in [0.1, 0.15) is 46.6 Å². The van der Waals surface area contributed by atoms with Gasteiger partial charge in [0, 0.05) is 23.9 Å². The second-order valence-electron chi connectivity index (χ2n) is 10.3. The number of nitrogens with zero attached hydrogens (tertiary/aromatic N) is 1. The van der Waals surface area contributed by atoms with Crippen LogP contribution in [0, 0.1) is 5.41 Å². The highest BCUT2D eigenvalue weighted by atomic mass is 19.4. The van der Waals surface area contributed by atoms with Crippen LogP contribution in [0.2, 0.25) is 0 Å². The molecule has 0 heterocycles. The number of alkyl halides is 3. The maximum atomic E-state index is 14.0. The largest absolute Gasteiger partial charge is 0.490 e. The van der Waals surface area contributed by atoms with Gasteiger partial charge in [0.1, 0.15) is 11.9 Å². The average Bonchev–Trinajstić information content (AvgIpc) is 2.96. The first-order valence-electron chi connectivity index (χ1n) is 14.1. The quantitative estimate of drug-likeness (QED) is 0.0830. The van der Waals surface area contributed by atoms with Gasteiger partial charge in [0.2, 0.25) is 12.1 Å². The van der Waals surface area contributed by atoms with Crippen molar-refractivity contribution in [3.8, 4) is 0 Å².